The Hall–Kier alpha value is -2.82. The average Bonchev–Trinajstić information content (AvgIpc) is 2.72. The second kappa shape index (κ2) is 7.17. The smallest absolute Gasteiger partial charge is 0.319 e. The number of likely N-dealkylation sites (N-methyl/N-ethyl adjacent to an activating group) is 1. The van der Waals surface area contributed by atoms with Gasteiger partial charge < -0.3 is 15.5 Å². The van der Waals surface area contributed by atoms with E-state index >= 15 is 0 Å². The number of carbonyl (C=O) groups excluding carboxylic acids is 2. The number of para-hydroxylation sites is 1. The van der Waals surface area contributed by atoms with Crippen molar-refractivity contribution in [3.05, 3.63) is 65.7 Å². The SMILES string of the molecule is CN1C(=O)c2ccccc2CCC1CNC(=O)Nc1ccccc1. The normalized spacial score (nSPS) is 17.0. The lowest BCUT2D eigenvalue weighted by molar-refractivity contribution is 0.0735. The van der Waals surface area contributed by atoms with Gasteiger partial charge in [0, 0.05) is 30.9 Å². The molecule has 124 valence electrons. The molecule has 0 saturated heterocycles. The van der Waals surface area contributed by atoms with E-state index in [2.05, 4.69) is 10.6 Å². The summed E-state index contributed by atoms with van der Waals surface area (Å²) in [5.74, 6) is 0.0124. The number of hydrogen-bond acceptors (Lipinski definition) is 2. The van der Waals surface area contributed by atoms with Crippen molar-refractivity contribution in [3.63, 3.8) is 0 Å². The van der Waals surface area contributed by atoms with Crippen LogP contribution in [-0.2, 0) is 6.42 Å². The summed E-state index contributed by atoms with van der Waals surface area (Å²) in [7, 11) is 1.80. The Labute approximate surface area is 141 Å². The summed E-state index contributed by atoms with van der Waals surface area (Å²) in [5, 5.41) is 5.65. The molecule has 2 aromatic carbocycles. The fourth-order valence-corrected chi connectivity index (χ4v) is 2.96. The Morgan fingerprint density at radius 1 is 1.12 bits per heavy atom. The zero-order valence-corrected chi connectivity index (χ0v) is 13.7. The molecule has 3 rings (SSSR count). The van der Waals surface area contributed by atoms with Gasteiger partial charge >= 0.3 is 6.03 Å². The lowest BCUT2D eigenvalue weighted by Crippen LogP contribution is -2.45. The fourth-order valence-electron chi connectivity index (χ4n) is 2.96. The van der Waals surface area contributed by atoms with Gasteiger partial charge in [-0.2, -0.15) is 0 Å². The van der Waals surface area contributed by atoms with Crippen molar-refractivity contribution in [2.45, 2.75) is 18.9 Å². The molecule has 5 heteroatoms. The predicted molar refractivity (Wildman–Crippen MR) is 94.1 cm³/mol. The molecule has 0 fully saturated rings. The number of urea groups is 1. The monoisotopic (exact) mass is 323 g/mol. The molecule has 0 saturated carbocycles. The second-order valence-corrected chi connectivity index (χ2v) is 5.97. The van der Waals surface area contributed by atoms with E-state index in [0.29, 0.717) is 6.54 Å². The topological polar surface area (TPSA) is 61.4 Å². The van der Waals surface area contributed by atoms with Crippen molar-refractivity contribution in [1.82, 2.24) is 10.2 Å². The molecule has 1 atom stereocenters. The van der Waals surface area contributed by atoms with Crippen molar-refractivity contribution >= 4 is 17.6 Å². The number of nitrogens with zero attached hydrogens (tertiary/aromatic N) is 1. The molecular formula is C19H21N3O2. The number of fused-ring (bicyclic) bond motifs is 1. The maximum Gasteiger partial charge on any atom is 0.319 e. The van der Waals surface area contributed by atoms with Crippen LogP contribution in [0.15, 0.2) is 54.6 Å². The second-order valence-electron chi connectivity index (χ2n) is 5.97. The number of nitrogens with one attached hydrogen (secondary N) is 2. The van der Waals surface area contributed by atoms with Gasteiger partial charge in [0.2, 0.25) is 0 Å². The van der Waals surface area contributed by atoms with Gasteiger partial charge in [0.05, 0.1) is 0 Å². The van der Waals surface area contributed by atoms with Crippen molar-refractivity contribution in [2.75, 3.05) is 18.9 Å². The number of hydrogen-bond donors (Lipinski definition) is 2. The lowest BCUT2D eigenvalue weighted by Gasteiger charge is -2.26. The largest absolute Gasteiger partial charge is 0.337 e. The number of carbonyl (C=O) groups is 2. The summed E-state index contributed by atoms with van der Waals surface area (Å²) in [5.41, 5.74) is 2.58. The van der Waals surface area contributed by atoms with Crippen molar-refractivity contribution in [2.24, 2.45) is 0 Å². The van der Waals surface area contributed by atoms with Gasteiger partial charge in [-0.15, -0.1) is 0 Å². The molecule has 1 heterocycles. The number of amides is 3. The van der Waals surface area contributed by atoms with Crippen LogP contribution in [-0.4, -0.2) is 36.5 Å². The first-order valence-electron chi connectivity index (χ1n) is 8.10. The van der Waals surface area contributed by atoms with E-state index in [9.17, 15) is 9.59 Å². The van der Waals surface area contributed by atoms with Crippen LogP contribution in [0.25, 0.3) is 0 Å². The summed E-state index contributed by atoms with van der Waals surface area (Å²) < 4.78 is 0. The third kappa shape index (κ3) is 3.56. The van der Waals surface area contributed by atoms with Crippen molar-refractivity contribution < 1.29 is 9.59 Å². The quantitative estimate of drug-likeness (QED) is 0.912. The molecule has 0 aromatic heterocycles. The van der Waals surface area contributed by atoms with Crippen LogP contribution in [0, 0.1) is 0 Å². The van der Waals surface area contributed by atoms with Crippen molar-refractivity contribution in [1.29, 1.82) is 0 Å². The predicted octanol–water partition coefficient (Wildman–Crippen LogP) is 2.90. The van der Waals surface area contributed by atoms with E-state index in [1.165, 1.54) is 0 Å². The molecule has 1 unspecified atom stereocenters. The van der Waals surface area contributed by atoms with Crippen LogP contribution in [0.3, 0.4) is 0 Å². The summed E-state index contributed by atoms with van der Waals surface area (Å²) >= 11 is 0. The molecular weight excluding hydrogens is 302 g/mol. The zero-order valence-electron chi connectivity index (χ0n) is 13.7. The molecule has 0 spiro atoms. The Kier molecular flexibility index (Phi) is 4.79. The number of rotatable bonds is 3. The van der Waals surface area contributed by atoms with E-state index in [4.69, 9.17) is 0 Å². The highest BCUT2D eigenvalue weighted by molar-refractivity contribution is 5.96. The fraction of sp³-hybridized carbons (Fsp3) is 0.263. The highest BCUT2D eigenvalue weighted by Gasteiger charge is 2.26. The summed E-state index contributed by atoms with van der Waals surface area (Å²) in [6, 6.07) is 16.7. The maximum atomic E-state index is 12.6. The van der Waals surface area contributed by atoms with Gasteiger partial charge in [-0.05, 0) is 36.6 Å². The minimum atomic E-state index is -0.260. The highest BCUT2D eigenvalue weighted by atomic mass is 16.2. The molecule has 2 N–H and O–H groups in total. The molecule has 2 aromatic rings. The Morgan fingerprint density at radius 3 is 2.62 bits per heavy atom. The molecule has 24 heavy (non-hydrogen) atoms. The van der Waals surface area contributed by atoms with Crippen molar-refractivity contribution in [3.8, 4) is 0 Å². The van der Waals surface area contributed by atoms with Crippen LogP contribution >= 0.6 is 0 Å². The maximum absolute atomic E-state index is 12.6. The number of aryl methyl sites for hydroxylation is 1. The van der Waals surface area contributed by atoms with Crippen LogP contribution in [0.5, 0.6) is 0 Å². The highest BCUT2D eigenvalue weighted by Crippen LogP contribution is 2.21. The van der Waals surface area contributed by atoms with E-state index in [-0.39, 0.29) is 18.0 Å². The average molecular weight is 323 g/mol. The van der Waals surface area contributed by atoms with Gasteiger partial charge in [0.1, 0.15) is 0 Å². The Morgan fingerprint density at radius 2 is 1.83 bits per heavy atom. The van der Waals surface area contributed by atoms with Gasteiger partial charge in [-0.3, -0.25) is 4.79 Å². The molecule has 0 aliphatic carbocycles. The Balaban J connectivity index is 1.60. The lowest BCUT2D eigenvalue weighted by atomic mass is 10.0. The first-order valence-corrected chi connectivity index (χ1v) is 8.10. The molecule has 5 nitrogen and oxygen atoms in total. The van der Waals surface area contributed by atoms with Crippen LogP contribution < -0.4 is 10.6 Å². The standard InChI is InChI=1S/C19H21N3O2/c1-22-16(12-11-14-7-5-6-10-17(14)18(22)23)13-20-19(24)21-15-8-3-2-4-9-15/h2-10,16H,11-13H2,1H3,(H2,20,21,24). The summed E-state index contributed by atoms with van der Waals surface area (Å²) in [6.07, 6.45) is 1.66. The third-order valence-electron chi connectivity index (χ3n) is 4.39. The van der Waals surface area contributed by atoms with Gasteiger partial charge in [-0.1, -0.05) is 36.4 Å². The minimum Gasteiger partial charge on any atom is -0.337 e. The molecule has 0 bridgehead atoms. The first-order chi connectivity index (χ1) is 11.6. The third-order valence-corrected chi connectivity index (χ3v) is 4.39. The first kappa shape index (κ1) is 16.1. The van der Waals surface area contributed by atoms with Gasteiger partial charge in [-0.25, -0.2) is 4.79 Å². The van der Waals surface area contributed by atoms with Crippen LogP contribution in [0.2, 0.25) is 0 Å². The van der Waals surface area contributed by atoms with Crippen LogP contribution in [0.1, 0.15) is 22.3 Å². The molecule has 0 radical (unpaired) electrons. The molecule has 3 amide bonds. The number of anilines is 1. The molecule has 1 aliphatic heterocycles. The van der Waals surface area contributed by atoms with E-state index in [1.54, 1.807) is 11.9 Å². The minimum absolute atomic E-state index is 0.0124. The van der Waals surface area contributed by atoms with E-state index < -0.39 is 0 Å². The Bertz CT molecular complexity index is 730. The summed E-state index contributed by atoms with van der Waals surface area (Å²) in [4.78, 5) is 26.3. The molecule has 1 aliphatic rings. The summed E-state index contributed by atoms with van der Waals surface area (Å²) in [6.45, 7) is 0.425. The van der Waals surface area contributed by atoms with E-state index in [0.717, 1.165) is 29.7 Å². The van der Waals surface area contributed by atoms with E-state index in [1.807, 2.05) is 54.6 Å². The van der Waals surface area contributed by atoms with Gasteiger partial charge in [0.25, 0.3) is 5.91 Å². The van der Waals surface area contributed by atoms with Crippen LogP contribution in [0.4, 0.5) is 10.5 Å². The number of benzene rings is 2. The zero-order chi connectivity index (χ0) is 16.9. The van der Waals surface area contributed by atoms with Gasteiger partial charge in [0.15, 0.2) is 0 Å².